The van der Waals surface area contributed by atoms with Crippen LogP contribution in [0.2, 0.25) is 0 Å². The molecule has 1 aromatic rings. The summed E-state index contributed by atoms with van der Waals surface area (Å²) < 4.78 is 0. The smallest absolute Gasteiger partial charge is 0.0100 e. The lowest BCUT2D eigenvalue weighted by Gasteiger charge is -2.13. The highest BCUT2D eigenvalue weighted by atomic mass is 79.9. The largest absolute Gasteiger partial charge is 0.0921 e. The molecule has 1 aromatic carbocycles. The molecule has 0 N–H and O–H groups in total. The van der Waals surface area contributed by atoms with Crippen molar-refractivity contribution in [2.75, 3.05) is 5.33 Å². The highest BCUT2D eigenvalue weighted by molar-refractivity contribution is 9.09. The standard InChI is InChI=1S/C14H21Br/c1-3-5-12-7-9-13(10-8-12)14(11-15)6-4-2/h7-10,14H,3-6,11H2,1-2H3. The van der Waals surface area contributed by atoms with Gasteiger partial charge in [0.15, 0.2) is 0 Å². The van der Waals surface area contributed by atoms with Crippen molar-refractivity contribution in [2.45, 2.75) is 45.4 Å². The quantitative estimate of drug-likeness (QED) is 0.643. The monoisotopic (exact) mass is 268 g/mol. The van der Waals surface area contributed by atoms with Crippen LogP contribution in [-0.2, 0) is 6.42 Å². The summed E-state index contributed by atoms with van der Waals surface area (Å²) in [6.07, 6.45) is 4.97. The van der Waals surface area contributed by atoms with Crippen LogP contribution in [0, 0.1) is 0 Å². The van der Waals surface area contributed by atoms with Gasteiger partial charge in [0.1, 0.15) is 0 Å². The van der Waals surface area contributed by atoms with Crippen molar-refractivity contribution in [3.8, 4) is 0 Å². The van der Waals surface area contributed by atoms with Crippen LogP contribution in [0.4, 0.5) is 0 Å². The SMILES string of the molecule is CCCc1ccc(C(CBr)CCC)cc1. The molecular weight excluding hydrogens is 248 g/mol. The molecule has 0 aliphatic heterocycles. The molecule has 0 saturated heterocycles. The summed E-state index contributed by atoms with van der Waals surface area (Å²) in [5.74, 6) is 0.686. The zero-order valence-corrected chi connectivity index (χ0v) is 11.4. The zero-order chi connectivity index (χ0) is 11.1. The lowest BCUT2D eigenvalue weighted by molar-refractivity contribution is 0.676. The molecule has 0 aliphatic rings. The molecule has 1 heteroatoms. The number of alkyl halides is 1. The maximum absolute atomic E-state index is 3.60. The summed E-state index contributed by atoms with van der Waals surface area (Å²) in [6.45, 7) is 4.48. The first kappa shape index (κ1) is 12.8. The first-order valence-electron chi connectivity index (χ1n) is 5.96. The van der Waals surface area contributed by atoms with Crippen molar-refractivity contribution in [2.24, 2.45) is 0 Å². The second-order valence-corrected chi connectivity index (χ2v) is 4.78. The van der Waals surface area contributed by atoms with Gasteiger partial charge in [-0.2, -0.15) is 0 Å². The number of hydrogen-bond acceptors (Lipinski definition) is 0. The predicted octanol–water partition coefficient (Wildman–Crippen LogP) is 4.92. The van der Waals surface area contributed by atoms with E-state index in [4.69, 9.17) is 0 Å². The lowest BCUT2D eigenvalue weighted by Crippen LogP contribution is -1.99. The number of aryl methyl sites for hydroxylation is 1. The summed E-state index contributed by atoms with van der Waals surface area (Å²) in [4.78, 5) is 0. The maximum Gasteiger partial charge on any atom is 0.0100 e. The molecule has 0 radical (unpaired) electrons. The van der Waals surface area contributed by atoms with Crippen LogP contribution in [0.15, 0.2) is 24.3 Å². The molecule has 0 spiro atoms. The van der Waals surface area contributed by atoms with Gasteiger partial charge in [-0.3, -0.25) is 0 Å². The van der Waals surface area contributed by atoms with Crippen LogP contribution < -0.4 is 0 Å². The molecule has 0 amide bonds. The molecule has 0 aliphatic carbocycles. The summed E-state index contributed by atoms with van der Waals surface area (Å²) >= 11 is 3.60. The molecule has 15 heavy (non-hydrogen) atoms. The first-order chi connectivity index (χ1) is 7.31. The van der Waals surface area contributed by atoms with Gasteiger partial charge in [-0.1, -0.05) is 66.9 Å². The number of halogens is 1. The van der Waals surface area contributed by atoms with Gasteiger partial charge in [-0.05, 0) is 29.9 Å². The van der Waals surface area contributed by atoms with Gasteiger partial charge in [0.05, 0.1) is 0 Å². The Kier molecular flexibility index (Phi) is 6.00. The Bertz CT molecular complexity index is 263. The van der Waals surface area contributed by atoms with Crippen molar-refractivity contribution >= 4 is 15.9 Å². The first-order valence-corrected chi connectivity index (χ1v) is 7.08. The zero-order valence-electron chi connectivity index (χ0n) is 9.80. The van der Waals surface area contributed by atoms with Crippen molar-refractivity contribution in [3.63, 3.8) is 0 Å². The summed E-state index contributed by atoms with van der Waals surface area (Å²) in [5, 5.41) is 1.08. The van der Waals surface area contributed by atoms with Crippen LogP contribution in [0.3, 0.4) is 0 Å². The van der Waals surface area contributed by atoms with Gasteiger partial charge in [0, 0.05) is 5.33 Å². The summed E-state index contributed by atoms with van der Waals surface area (Å²) in [6, 6.07) is 9.16. The van der Waals surface area contributed by atoms with Crippen LogP contribution in [0.1, 0.15) is 50.2 Å². The van der Waals surface area contributed by atoms with E-state index in [-0.39, 0.29) is 0 Å². The van der Waals surface area contributed by atoms with Gasteiger partial charge in [0.25, 0.3) is 0 Å². The normalized spacial score (nSPS) is 12.7. The number of hydrogen-bond donors (Lipinski definition) is 0. The van der Waals surface area contributed by atoms with E-state index in [0.29, 0.717) is 5.92 Å². The highest BCUT2D eigenvalue weighted by Crippen LogP contribution is 2.23. The van der Waals surface area contributed by atoms with Gasteiger partial charge in [0.2, 0.25) is 0 Å². The van der Waals surface area contributed by atoms with E-state index < -0.39 is 0 Å². The molecular formula is C14H21Br. The van der Waals surface area contributed by atoms with Crippen molar-refractivity contribution in [1.82, 2.24) is 0 Å². The van der Waals surface area contributed by atoms with E-state index >= 15 is 0 Å². The van der Waals surface area contributed by atoms with Gasteiger partial charge >= 0.3 is 0 Å². The Morgan fingerprint density at radius 2 is 1.73 bits per heavy atom. The third-order valence-electron chi connectivity index (χ3n) is 2.81. The molecule has 0 heterocycles. The van der Waals surface area contributed by atoms with Gasteiger partial charge < -0.3 is 0 Å². The lowest BCUT2D eigenvalue weighted by atomic mass is 9.95. The highest BCUT2D eigenvalue weighted by Gasteiger charge is 2.08. The number of benzene rings is 1. The fraction of sp³-hybridized carbons (Fsp3) is 0.571. The fourth-order valence-corrected chi connectivity index (χ4v) is 2.62. The minimum Gasteiger partial charge on any atom is -0.0921 e. The van der Waals surface area contributed by atoms with Crippen LogP contribution in [-0.4, -0.2) is 5.33 Å². The maximum atomic E-state index is 3.60. The molecule has 1 atom stereocenters. The van der Waals surface area contributed by atoms with E-state index in [1.165, 1.54) is 36.8 Å². The van der Waals surface area contributed by atoms with E-state index in [1.54, 1.807) is 0 Å². The van der Waals surface area contributed by atoms with E-state index in [1.807, 2.05) is 0 Å². The molecule has 0 bridgehead atoms. The fourth-order valence-electron chi connectivity index (χ4n) is 1.93. The molecule has 0 fully saturated rings. The van der Waals surface area contributed by atoms with Crippen molar-refractivity contribution in [1.29, 1.82) is 0 Å². The minimum absolute atomic E-state index is 0.686. The van der Waals surface area contributed by atoms with Crippen molar-refractivity contribution < 1.29 is 0 Å². The topological polar surface area (TPSA) is 0 Å². The molecule has 1 rings (SSSR count). The average Bonchev–Trinajstić information content (AvgIpc) is 2.28. The summed E-state index contributed by atoms with van der Waals surface area (Å²) in [7, 11) is 0. The third-order valence-corrected chi connectivity index (χ3v) is 3.59. The van der Waals surface area contributed by atoms with E-state index in [9.17, 15) is 0 Å². The van der Waals surface area contributed by atoms with E-state index in [2.05, 4.69) is 54.0 Å². The molecule has 1 unspecified atom stereocenters. The second kappa shape index (κ2) is 7.05. The minimum atomic E-state index is 0.686. The van der Waals surface area contributed by atoms with Gasteiger partial charge in [-0.25, -0.2) is 0 Å². The molecule has 0 aromatic heterocycles. The molecule has 0 nitrogen and oxygen atoms in total. The third kappa shape index (κ3) is 3.98. The van der Waals surface area contributed by atoms with Crippen LogP contribution in [0.25, 0.3) is 0 Å². The predicted molar refractivity (Wildman–Crippen MR) is 71.9 cm³/mol. The molecule has 0 saturated carbocycles. The van der Waals surface area contributed by atoms with Crippen LogP contribution >= 0.6 is 15.9 Å². The average molecular weight is 269 g/mol. The summed E-state index contributed by atoms with van der Waals surface area (Å²) in [5.41, 5.74) is 2.94. The Hall–Kier alpha value is -0.300. The van der Waals surface area contributed by atoms with E-state index in [0.717, 1.165) is 5.33 Å². The molecule has 84 valence electrons. The Morgan fingerprint density at radius 3 is 2.20 bits per heavy atom. The second-order valence-electron chi connectivity index (χ2n) is 4.13. The Labute approximate surface area is 102 Å². The Balaban J connectivity index is 2.68. The van der Waals surface area contributed by atoms with Crippen LogP contribution in [0.5, 0.6) is 0 Å². The number of rotatable bonds is 6. The Morgan fingerprint density at radius 1 is 1.07 bits per heavy atom. The van der Waals surface area contributed by atoms with Gasteiger partial charge in [-0.15, -0.1) is 0 Å². The van der Waals surface area contributed by atoms with Crippen molar-refractivity contribution in [3.05, 3.63) is 35.4 Å².